The fourth-order valence-electron chi connectivity index (χ4n) is 3.22. The van der Waals surface area contributed by atoms with E-state index in [0.717, 1.165) is 12.8 Å². The predicted molar refractivity (Wildman–Crippen MR) is 114 cm³/mol. The van der Waals surface area contributed by atoms with E-state index in [9.17, 15) is 4.79 Å². The third-order valence-corrected chi connectivity index (χ3v) is 4.86. The Balaban J connectivity index is 3.53. The zero-order valence-corrected chi connectivity index (χ0v) is 18.6. The second-order valence-electron chi connectivity index (χ2n) is 7.41. The topological polar surface area (TPSA) is 35.5 Å². The SMILES string of the molecule is CCCCCCCC/C=C\CCCCCCCC(=O)[N+](C)(OCC)OCC. The molecule has 0 aliphatic carbocycles. The van der Waals surface area contributed by atoms with E-state index in [1.807, 2.05) is 13.8 Å². The van der Waals surface area contributed by atoms with Crippen molar-refractivity contribution in [3.63, 3.8) is 0 Å². The van der Waals surface area contributed by atoms with E-state index in [4.69, 9.17) is 9.68 Å². The minimum Gasteiger partial charge on any atom is -0.224 e. The molecule has 0 aromatic heterocycles. The van der Waals surface area contributed by atoms with Crippen LogP contribution >= 0.6 is 0 Å². The number of hydroxylamine groups is 4. The van der Waals surface area contributed by atoms with Gasteiger partial charge in [0.1, 0.15) is 20.3 Å². The number of amides is 1. The van der Waals surface area contributed by atoms with Gasteiger partial charge in [-0.15, -0.1) is 0 Å². The molecule has 0 heterocycles. The van der Waals surface area contributed by atoms with Gasteiger partial charge < -0.3 is 0 Å². The Morgan fingerprint density at radius 1 is 0.704 bits per heavy atom. The number of unbranched alkanes of at least 4 members (excludes halogenated alkanes) is 11. The minimum absolute atomic E-state index is 0.0105. The largest absolute Gasteiger partial charge is 0.378 e. The quantitative estimate of drug-likeness (QED) is 0.105. The lowest BCUT2D eigenvalue weighted by molar-refractivity contribution is -1.18. The second-order valence-corrected chi connectivity index (χ2v) is 7.41. The molecule has 0 aliphatic heterocycles. The molecule has 27 heavy (non-hydrogen) atoms. The predicted octanol–water partition coefficient (Wildman–Crippen LogP) is 6.90. The minimum atomic E-state index is -0.351. The van der Waals surface area contributed by atoms with E-state index in [2.05, 4.69) is 19.1 Å². The molecular weight excluding hydrogens is 338 g/mol. The van der Waals surface area contributed by atoms with Crippen LogP contribution in [0.3, 0.4) is 0 Å². The fourth-order valence-corrected chi connectivity index (χ4v) is 3.22. The van der Waals surface area contributed by atoms with Gasteiger partial charge in [-0.25, -0.2) is 4.79 Å². The van der Waals surface area contributed by atoms with Crippen molar-refractivity contribution < 1.29 is 19.3 Å². The Bertz CT molecular complexity index is 363. The van der Waals surface area contributed by atoms with E-state index in [1.54, 1.807) is 7.05 Å². The highest BCUT2D eigenvalue weighted by atomic mass is 17.0. The number of hydrogen-bond donors (Lipinski definition) is 0. The Kier molecular flexibility index (Phi) is 18.2. The molecule has 4 heteroatoms. The Morgan fingerprint density at radius 2 is 1.15 bits per heavy atom. The molecule has 4 nitrogen and oxygen atoms in total. The van der Waals surface area contributed by atoms with E-state index in [0.29, 0.717) is 19.6 Å². The molecule has 0 aromatic carbocycles. The monoisotopic (exact) mass is 384 g/mol. The number of carbonyl (C=O) groups is 1. The van der Waals surface area contributed by atoms with Crippen LogP contribution in [0.1, 0.15) is 111 Å². The number of quaternary nitrogens is 1. The summed E-state index contributed by atoms with van der Waals surface area (Å²) in [5.74, 6) is 0.0105. The summed E-state index contributed by atoms with van der Waals surface area (Å²) in [4.78, 5) is 22.9. The summed E-state index contributed by atoms with van der Waals surface area (Å²) in [5, 5.41) is 0. The van der Waals surface area contributed by atoms with Crippen LogP contribution in [-0.2, 0) is 14.5 Å². The summed E-state index contributed by atoms with van der Waals surface area (Å²) in [7, 11) is 1.69. The second kappa shape index (κ2) is 18.6. The van der Waals surface area contributed by atoms with E-state index in [1.165, 1.54) is 70.6 Å². The van der Waals surface area contributed by atoms with Crippen LogP contribution in [-0.4, -0.2) is 31.0 Å². The normalized spacial score (nSPS) is 12.1. The molecule has 0 rings (SSSR count). The Morgan fingerprint density at radius 3 is 1.63 bits per heavy atom. The van der Waals surface area contributed by atoms with Crippen LogP contribution in [0.4, 0.5) is 0 Å². The average molecular weight is 385 g/mol. The third kappa shape index (κ3) is 15.0. The molecule has 0 aromatic rings. The molecule has 0 saturated heterocycles. The van der Waals surface area contributed by atoms with E-state index >= 15 is 0 Å². The molecule has 0 atom stereocenters. The van der Waals surface area contributed by atoms with Crippen LogP contribution in [0.25, 0.3) is 0 Å². The van der Waals surface area contributed by atoms with Crippen LogP contribution in [0, 0.1) is 0 Å². The molecular formula is C23H46NO3+. The zero-order chi connectivity index (χ0) is 20.2. The number of hydrogen-bond acceptors (Lipinski definition) is 3. The first-order valence-electron chi connectivity index (χ1n) is 11.4. The van der Waals surface area contributed by atoms with Gasteiger partial charge in [0.2, 0.25) is 0 Å². The van der Waals surface area contributed by atoms with Crippen molar-refractivity contribution in [3.05, 3.63) is 12.2 Å². The van der Waals surface area contributed by atoms with Gasteiger partial charge in [-0.1, -0.05) is 70.4 Å². The van der Waals surface area contributed by atoms with Crippen molar-refractivity contribution in [1.82, 2.24) is 0 Å². The van der Waals surface area contributed by atoms with Gasteiger partial charge >= 0.3 is 5.91 Å². The lowest BCUT2D eigenvalue weighted by Crippen LogP contribution is -2.49. The number of rotatable bonds is 19. The van der Waals surface area contributed by atoms with Crippen molar-refractivity contribution >= 4 is 5.91 Å². The molecule has 0 spiro atoms. The molecule has 0 unspecified atom stereocenters. The number of carbonyl (C=O) groups excluding carboxylic acids is 1. The van der Waals surface area contributed by atoms with Gasteiger partial charge in [-0.05, 0) is 46.0 Å². The van der Waals surface area contributed by atoms with Crippen molar-refractivity contribution in [2.24, 2.45) is 0 Å². The summed E-state index contributed by atoms with van der Waals surface area (Å²) in [6, 6.07) is 0. The Hall–Kier alpha value is -0.710. The van der Waals surface area contributed by atoms with Crippen LogP contribution in [0.2, 0.25) is 0 Å². The smallest absolute Gasteiger partial charge is 0.224 e. The maximum atomic E-state index is 12.3. The first-order valence-corrected chi connectivity index (χ1v) is 11.4. The molecule has 0 N–H and O–H groups in total. The summed E-state index contributed by atoms with van der Waals surface area (Å²) < 4.78 is 0. The molecule has 0 aliphatic rings. The lowest BCUT2D eigenvalue weighted by atomic mass is 10.1. The number of allylic oxidation sites excluding steroid dienone is 2. The summed E-state index contributed by atoms with van der Waals surface area (Å²) in [5.41, 5.74) is 0. The highest BCUT2D eigenvalue weighted by molar-refractivity contribution is 5.67. The van der Waals surface area contributed by atoms with E-state index < -0.39 is 0 Å². The highest BCUT2D eigenvalue weighted by Gasteiger charge is 2.35. The first-order chi connectivity index (χ1) is 13.1. The van der Waals surface area contributed by atoms with Gasteiger partial charge in [0, 0.05) is 4.81 Å². The summed E-state index contributed by atoms with van der Waals surface area (Å²) in [6.45, 7) is 6.96. The van der Waals surface area contributed by atoms with Crippen molar-refractivity contribution in [2.75, 3.05) is 20.3 Å². The lowest BCUT2D eigenvalue weighted by Gasteiger charge is -2.24. The molecule has 0 fully saturated rings. The van der Waals surface area contributed by atoms with Gasteiger partial charge in [0.15, 0.2) is 0 Å². The van der Waals surface area contributed by atoms with Gasteiger partial charge in [-0.3, -0.25) is 0 Å². The summed E-state index contributed by atoms with van der Waals surface area (Å²) >= 11 is 0. The maximum absolute atomic E-state index is 12.3. The van der Waals surface area contributed by atoms with E-state index in [-0.39, 0.29) is 10.7 Å². The average Bonchev–Trinajstić information content (AvgIpc) is 2.65. The molecule has 1 amide bonds. The third-order valence-electron chi connectivity index (χ3n) is 4.86. The number of nitrogens with zero attached hydrogens (tertiary/aromatic N) is 1. The van der Waals surface area contributed by atoms with Gasteiger partial charge in [0.25, 0.3) is 0 Å². The van der Waals surface area contributed by atoms with Gasteiger partial charge in [-0.2, -0.15) is 9.68 Å². The van der Waals surface area contributed by atoms with Crippen molar-refractivity contribution in [1.29, 1.82) is 0 Å². The molecule has 0 bridgehead atoms. The standard InChI is InChI=1S/C23H46NO3/c1-5-8-9-10-11-12-13-14-15-16-17-18-19-20-21-22-23(25)24(4,26-6-2)27-7-3/h14-15H,5-13,16-22H2,1-4H3/q+1/b15-14-. The van der Waals surface area contributed by atoms with Crippen molar-refractivity contribution in [3.8, 4) is 0 Å². The summed E-state index contributed by atoms with van der Waals surface area (Å²) in [6.07, 6.45) is 21.6. The van der Waals surface area contributed by atoms with Crippen LogP contribution in [0.15, 0.2) is 12.2 Å². The van der Waals surface area contributed by atoms with Crippen molar-refractivity contribution in [2.45, 2.75) is 111 Å². The maximum Gasteiger partial charge on any atom is 0.378 e. The molecule has 160 valence electrons. The van der Waals surface area contributed by atoms with Gasteiger partial charge in [0.05, 0.1) is 6.42 Å². The van der Waals surface area contributed by atoms with Crippen LogP contribution < -0.4 is 0 Å². The fraction of sp³-hybridized carbons (Fsp3) is 0.870. The molecule has 0 saturated carbocycles. The van der Waals surface area contributed by atoms with Crippen LogP contribution in [0.5, 0.6) is 0 Å². The Labute approximate surface area is 168 Å². The highest BCUT2D eigenvalue weighted by Crippen LogP contribution is 2.14. The first kappa shape index (κ1) is 26.3. The zero-order valence-electron chi connectivity index (χ0n) is 18.6. The molecule has 0 radical (unpaired) electrons.